The Bertz CT molecular complexity index is 795. The molecule has 0 radical (unpaired) electrons. The fourth-order valence-corrected chi connectivity index (χ4v) is 2.87. The van der Waals surface area contributed by atoms with Crippen molar-refractivity contribution in [1.29, 1.82) is 0 Å². The molecule has 0 saturated heterocycles. The lowest BCUT2D eigenvalue weighted by Gasteiger charge is -2.27. The molecule has 1 aromatic carbocycles. The first-order valence-electron chi connectivity index (χ1n) is 6.31. The quantitative estimate of drug-likeness (QED) is 0.671. The van der Waals surface area contributed by atoms with E-state index >= 15 is 0 Å². The minimum atomic E-state index is -0.742. The van der Waals surface area contributed by atoms with E-state index < -0.39 is 5.92 Å². The van der Waals surface area contributed by atoms with Crippen molar-refractivity contribution in [2.24, 2.45) is 5.92 Å². The summed E-state index contributed by atoms with van der Waals surface area (Å²) in [6, 6.07) is 7.30. The zero-order valence-electron chi connectivity index (χ0n) is 10.4. The average Bonchev–Trinajstić information content (AvgIpc) is 2.47. The van der Waals surface area contributed by atoms with E-state index in [9.17, 15) is 9.59 Å². The number of fused-ring (bicyclic) bond motifs is 4. The number of allylic oxidation sites excluding steroid dienone is 1. The van der Waals surface area contributed by atoms with Gasteiger partial charge in [0.25, 0.3) is 0 Å². The molecule has 1 unspecified atom stereocenters. The summed E-state index contributed by atoms with van der Waals surface area (Å²) in [4.78, 5) is 24.8. The maximum Gasteiger partial charge on any atom is 0.178 e. The molecule has 96 valence electrons. The fourth-order valence-electron chi connectivity index (χ4n) is 2.87. The van der Waals surface area contributed by atoms with Crippen LogP contribution < -0.4 is 0 Å². The van der Waals surface area contributed by atoms with Gasteiger partial charge in [-0.3, -0.25) is 9.59 Å². The largest absolute Gasteiger partial charge is 0.298 e. The number of Topliss-reactive ketones (excluding diaryl/α,β-unsaturated/α-hetero) is 2. The molecule has 0 saturated carbocycles. The van der Waals surface area contributed by atoms with Gasteiger partial charge >= 0.3 is 0 Å². The smallest absolute Gasteiger partial charge is 0.178 e. The average molecular weight is 263 g/mol. The van der Waals surface area contributed by atoms with Crippen LogP contribution in [-0.4, -0.2) is 27.0 Å². The molecular weight excluding hydrogens is 254 g/mol. The summed E-state index contributed by atoms with van der Waals surface area (Å²) in [6.07, 6.45) is 3.60. The Hall–Kier alpha value is -2.69. The second-order valence-corrected chi connectivity index (χ2v) is 4.94. The van der Waals surface area contributed by atoms with Crippen LogP contribution in [0.3, 0.4) is 0 Å². The van der Waals surface area contributed by atoms with E-state index in [1.807, 2.05) is 18.2 Å². The summed E-state index contributed by atoms with van der Waals surface area (Å²) in [6.45, 7) is 0. The predicted molar refractivity (Wildman–Crippen MR) is 70.7 cm³/mol. The van der Waals surface area contributed by atoms with Gasteiger partial charge in [0.2, 0.25) is 0 Å². The highest BCUT2D eigenvalue weighted by molar-refractivity contribution is 6.25. The van der Waals surface area contributed by atoms with E-state index in [1.165, 1.54) is 0 Å². The number of rotatable bonds is 0. The summed E-state index contributed by atoms with van der Waals surface area (Å²) >= 11 is 0. The van der Waals surface area contributed by atoms with E-state index in [0.717, 1.165) is 11.1 Å². The van der Waals surface area contributed by atoms with Crippen LogP contribution >= 0.6 is 0 Å². The van der Waals surface area contributed by atoms with E-state index in [0.29, 0.717) is 16.8 Å². The van der Waals surface area contributed by atoms with Gasteiger partial charge in [-0.25, -0.2) is 0 Å². The molecule has 2 aromatic rings. The normalized spacial score (nSPS) is 19.8. The Kier molecular flexibility index (Phi) is 2.18. The molecule has 1 atom stereocenters. The van der Waals surface area contributed by atoms with Crippen LogP contribution in [0.25, 0.3) is 11.6 Å². The number of hydrogen-bond donors (Lipinski definition) is 0. The maximum absolute atomic E-state index is 12.5. The van der Waals surface area contributed by atoms with Crippen LogP contribution in [0.15, 0.2) is 30.5 Å². The molecule has 0 fully saturated rings. The van der Waals surface area contributed by atoms with Crippen molar-refractivity contribution in [2.45, 2.75) is 6.42 Å². The lowest BCUT2D eigenvalue weighted by atomic mass is 9.73. The predicted octanol–water partition coefficient (Wildman–Crippen LogP) is 1.35. The SMILES string of the molecule is O=C1Cc2cnnnc2C2=Cc3ccccc3C(=O)C12. The minimum Gasteiger partial charge on any atom is -0.298 e. The molecule has 0 amide bonds. The van der Waals surface area contributed by atoms with Gasteiger partial charge in [-0.1, -0.05) is 24.3 Å². The summed E-state index contributed by atoms with van der Waals surface area (Å²) < 4.78 is 0. The highest BCUT2D eigenvalue weighted by atomic mass is 16.2. The number of nitrogens with zero attached hydrogens (tertiary/aromatic N) is 3. The van der Waals surface area contributed by atoms with Gasteiger partial charge in [-0.15, -0.1) is 10.2 Å². The number of ketones is 2. The maximum atomic E-state index is 12.5. The second-order valence-electron chi connectivity index (χ2n) is 4.94. The molecule has 4 rings (SSSR count). The minimum absolute atomic E-state index is 0.0990. The number of benzene rings is 1. The third kappa shape index (κ3) is 1.40. The van der Waals surface area contributed by atoms with Crippen LogP contribution in [0.5, 0.6) is 0 Å². The van der Waals surface area contributed by atoms with E-state index in [4.69, 9.17) is 0 Å². The van der Waals surface area contributed by atoms with Crippen LogP contribution in [0, 0.1) is 5.92 Å². The van der Waals surface area contributed by atoms with Crippen molar-refractivity contribution in [3.63, 3.8) is 0 Å². The molecule has 0 spiro atoms. The van der Waals surface area contributed by atoms with Gasteiger partial charge < -0.3 is 0 Å². The molecule has 1 heterocycles. The molecule has 1 aromatic heterocycles. The van der Waals surface area contributed by atoms with Crippen LogP contribution in [-0.2, 0) is 11.2 Å². The highest BCUT2D eigenvalue weighted by Gasteiger charge is 2.40. The van der Waals surface area contributed by atoms with Gasteiger partial charge in [0, 0.05) is 17.5 Å². The van der Waals surface area contributed by atoms with Crippen LogP contribution in [0.2, 0.25) is 0 Å². The van der Waals surface area contributed by atoms with Gasteiger partial charge in [0.05, 0.1) is 11.9 Å². The first-order valence-corrected chi connectivity index (χ1v) is 6.31. The van der Waals surface area contributed by atoms with Crippen LogP contribution in [0.4, 0.5) is 0 Å². The lowest BCUT2D eigenvalue weighted by Crippen LogP contribution is -2.34. The van der Waals surface area contributed by atoms with Crippen molar-refractivity contribution < 1.29 is 9.59 Å². The van der Waals surface area contributed by atoms with Gasteiger partial charge in [0.1, 0.15) is 5.92 Å². The molecule has 2 aliphatic carbocycles. The Morgan fingerprint density at radius 1 is 1.15 bits per heavy atom. The van der Waals surface area contributed by atoms with Crippen molar-refractivity contribution in [3.8, 4) is 0 Å². The van der Waals surface area contributed by atoms with Crippen LogP contribution in [0.1, 0.15) is 27.2 Å². The van der Waals surface area contributed by atoms with Gasteiger partial charge in [0.15, 0.2) is 11.6 Å². The third-order valence-corrected chi connectivity index (χ3v) is 3.78. The number of aromatic nitrogens is 3. The molecule has 0 bridgehead atoms. The summed E-state index contributed by atoms with van der Waals surface area (Å²) in [5, 5.41) is 11.4. The summed E-state index contributed by atoms with van der Waals surface area (Å²) in [7, 11) is 0. The highest BCUT2D eigenvalue weighted by Crippen LogP contribution is 2.39. The summed E-state index contributed by atoms with van der Waals surface area (Å²) in [5.74, 6) is -0.987. The Morgan fingerprint density at radius 3 is 2.90 bits per heavy atom. The summed E-state index contributed by atoms with van der Waals surface area (Å²) in [5.41, 5.74) is 3.42. The third-order valence-electron chi connectivity index (χ3n) is 3.78. The van der Waals surface area contributed by atoms with Crippen molar-refractivity contribution in [1.82, 2.24) is 15.4 Å². The standard InChI is InChI=1S/C15H9N3O2/c19-12-6-9-7-16-18-17-14(9)11-5-8-3-1-2-4-10(8)15(20)13(11)12/h1-5,7,13H,6H2. The number of carbonyl (C=O) groups is 2. The zero-order valence-corrected chi connectivity index (χ0v) is 10.4. The lowest BCUT2D eigenvalue weighted by molar-refractivity contribution is -0.119. The second kappa shape index (κ2) is 3.90. The molecule has 5 nitrogen and oxygen atoms in total. The molecule has 0 N–H and O–H groups in total. The first kappa shape index (κ1) is 11.2. The molecule has 0 aliphatic heterocycles. The van der Waals surface area contributed by atoms with Gasteiger partial charge in [-0.2, -0.15) is 0 Å². The Morgan fingerprint density at radius 2 is 2.00 bits per heavy atom. The van der Waals surface area contributed by atoms with Crippen molar-refractivity contribution >= 4 is 23.2 Å². The molecule has 5 heteroatoms. The first-order chi connectivity index (χ1) is 9.75. The van der Waals surface area contributed by atoms with E-state index in [1.54, 1.807) is 18.3 Å². The fraction of sp³-hybridized carbons (Fsp3) is 0.133. The molecular formula is C15H9N3O2. The number of carbonyl (C=O) groups excluding carboxylic acids is 2. The van der Waals surface area contributed by atoms with E-state index in [-0.39, 0.29) is 18.0 Å². The Labute approximate surface area is 114 Å². The zero-order chi connectivity index (χ0) is 13.7. The number of hydrogen-bond acceptors (Lipinski definition) is 5. The molecule has 20 heavy (non-hydrogen) atoms. The van der Waals surface area contributed by atoms with Gasteiger partial charge in [-0.05, 0) is 22.4 Å². The van der Waals surface area contributed by atoms with Crippen molar-refractivity contribution in [3.05, 3.63) is 52.8 Å². The van der Waals surface area contributed by atoms with Crippen molar-refractivity contribution in [2.75, 3.05) is 0 Å². The topological polar surface area (TPSA) is 72.8 Å². The monoisotopic (exact) mass is 263 g/mol. The molecule has 2 aliphatic rings. The van der Waals surface area contributed by atoms with E-state index in [2.05, 4.69) is 15.4 Å². The Balaban J connectivity index is 2.02.